The lowest BCUT2D eigenvalue weighted by molar-refractivity contribution is -0.137. The second kappa shape index (κ2) is 5.31. The average molecular weight is 294 g/mol. The Morgan fingerprint density at radius 3 is 2.10 bits per heavy atom. The first-order valence-corrected chi connectivity index (χ1v) is 6.48. The molecule has 5 heteroatoms. The predicted octanol–water partition coefficient (Wildman–Crippen LogP) is 4.67. The minimum Gasteiger partial charge on any atom is -0.397 e. The van der Waals surface area contributed by atoms with Crippen LogP contribution in [0.2, 0.25) is 0 Å². The largest absolute Gasteiger partial charge is 0.416 e. The van der Waals surface area contributed by atoms with Gasteiger partial charge in [0.1, 0.15) is 0 Å². The molecule has 2 aromatic carbocycles. The van der Waals surface area contributed by atoms with E-state index in [1.54, 1.807) is 11.9 Å². The SMILES string of the molecule is Cc1ccc(N(C)c2ccc(C(F)(F)F)cc2N)c(C)c1. The van der Waals surface area contributed by atoms with Gasteiger partial charge >= 0.3 is 6.18 Å². The zero-order valence-electron chi connectivity index (χ0n) is 12.1. The monoisotopic (exact) mass is 294 g/mol. The van der Waals surface area contributed by atoms with Crippen molar-refractivity contribution in [2.24, 2.45) is 0 Å². The first-order chi connectivity index (χ1) is 9.70. The van der Waals surface area contributed by atoms with E-state index in [4.69, 9.17) is 5.73 Å². The van der Waals surface area contributed by atoms with E-state index >= 15 is 0 Å². The van der Waals surface area contributed by atoms with Crippen LogP contribution in [0, 0.1) is 13.8 Å². The van der Waals surface area contributed by atoms with Crippen LogP contribution in [0.5, 0.6) is 0 Å². The number of anilines is 3. The zero-order valence-corrected chi connectivity index (χ0v) is 12.1. The molecule has 0 fully saturated rings. The highest BCUT2D eigenvalue weighted by molar-refractivity contribution is 5.76. The molecule has 0 aliphatic rings. The van der Waals surface area contributed by atoms with E-state index in [-0.39, 0.29) is 5.69 Å². The van der Waals surface area contributed by atoms with E-state index in [9.17, 15) is 13.2 Å². The van der Waals surface area contributed by atoms with E-state index in [1.165, 1.54) is 6.07 Å². The minimum atomic E-state index is -4.38. The van der Waals surface area contributed by atoms with E-state index in [0.717, 1.165) is 28.9 Å². The van der Waals surface area contributed by atoms with Gasteiger partial charge in [-0.1, -0.05) is 17.7 Å². The van der Waals surface area contributed by atoms with E-state index in [2.05, 4.69) is 0 Å². The maximum Gasteiger partial charge on any atom is 0.416 e. The molecule has 0 bridgehead atoms. The molecule has 2 N–H and O–H groups in total. The molecule has 0 aromatic heterocycles. The molecule has 0 saturated carbocycles. The topological polar surface area (TPSA) is 29.3 Å². The van der Waals surface area contributed by atoms with Crippen LogP contribution < -0.4 is 10.6 Å². The van der Waals surface area contributed by atoms with Crippen LogP contribution in [0.4, 0.5) is 30.2 Å². The fourth-order valence-corrected chi connectivity index (χ4v) is 2.35. The summed E-state index contributed by atoms with van der Waals surface area (Å²) >= 11 is 0. The average Bonchev–Trinajstić information content (AvgIpc) is 2.36. The summed E-state index contributed by atoms with van der Waals surface area (Å²) in [5, 5.41) is 0. The molecule has 2 nitrogen and oxygen atoms in total. The molecule has 0 amide bonds. The van der Waals surface area contributed by atoms with Crippen LogP contribution in [0.15, 0.2) is 36.4 Å². The first kappa shape index (κ1) is 15.2. The molecule has 2 rings (SSSR count). The van der Waals surface area contributed by atoms with E-state index < -0.39 is 11.7 Å². The van der Waals surface area contributed by atoms with Crippen molar-refractivity contribution in [2.45, 2.75) is 20.0 Å². The van der Waals surface area contributed by atoms with Crippen LogP contribution in [-0.2, 0) is 6.18 Å². The Hall–Kier alpha value is -2.17. The Balaban J connectivity index is 2.42. The highest BCUT2D eigenvalue weighted by atomic mass is 19.4. The summed E-state index contributed by atoms with van der Waals surface area (Å²) in [7, 11) is 1.79. The number of hydrogen-bond donors (Lipinski definition) is 1. The second-order valence-corrected chi connectivity index (χ2v) is 5.12. The third-order valence-corrected chi connectivity index (χ3v) is 3.43. The van der Waals surface area contributed by atoms with Crippen molar-refractivity contribution >= 4 is 17.1 Å². The third-order valence-electron chi connectivity index (χ3n) is 3.43. The summed E-state index contributed by atoms with van der Waals surface area (Å²) in [6, 6.07) is 9.32. The van der Waals surface area contributed by atoms with Crippen molar-refractivity contribution in [3.8, 4) is 0 Å². The Labute approximate surface area is 122 Å². The molecule has 2 aromatic rings. The number of hydrogen-bond acceptors (Lipinski definition) is 2. The minimum absolute atomic E-state index is 0.104. The van der Waals surface area contributed by atoms with Crippen LogP contribution in [-0.4, -0.2) is 7.05 Å². The fraction of sp³-hybridized carbons (Fsp3) is 0.250. The van der Waals surface area contributed by atoms with Gasteiger partial charge in [0.05, 0.1) is 16.9 Å². The Morgan fingerprint density at radius 1 is 0.952 bits per heavy atom. The third kappa shape index (κ3) is 3.12. The van der Waals surface area contributed by atoms with Crippen molar-refractivity contribution in [3.63, 3.8) is 0 Å². The van der Waals surface area contributed by atoms with Gasteiger partial charge in [-0.3, -0.25) is 0 Å². The molecular weight excluding hydrogens is 277 g/mol. The summed E-state index contributed by atoms with van der Waals surface area (Å²) in [6.45, 7) is 3.95. The van der Waals surface area contributed by atoms with Crippen molar-refractivity contribution in [1.82, 2.24) is 0 Å². The standard InChI is InChI=1S/C16H17F3N2/c1-10-4-6-14(11(2)8-10)21(3)15-7-5-12(9-13(15)20)16(17,18)19/h4-9H,20H2,1-3H3. The lowest BCUT2D eigenvalue weighted by atomic mass is 10.1. The molecule has 0 aliphatic carbocycles. The second-order valence-electron chi connectivity index (χ2n) is 5.12. The lowest BCUT2D eigenvalue weighted by Crippen LogP contribution is -2.14. The van der Waals surface area contributed by atoms with Crippen LogP contribution >= 0.6 is 0 Å². The molecule has 0 unspecified atom stereocenters. The number of aryl methyl sites for hydroxylation is 2. The number of halogens is 3. The molecule has 0 saturated heterocycles. The maximum atomic E-state index is 12.7. The van der Waals surface area contributed by atoms with Gasteiger partial charge in [0.15, 0.2) is 0 Å². The number of rotatable bonds is 2. The number of benzene rings is 2. The van der Waals surface area contributed by atoms with Gasteiger partial charge in [-0.2, -0.15) is 13.2 Å². The summed E-state index contributed by atoms with van der Waals surface area (Å²) in [4.78, 5) is 1.80. The van der Waals surface area contributed by atoms with Crippen LogP contribution in [0.25, 0.3) is 0 Å². The molecule has 0 spiro atoms. The van der Waals surface area contributed by atoms with Crippen molar-refractivity contribution < 1.29 is 13.2 Å². The molecule has 0 radical (unpaired) electrons. The summed E-state index contributed by atoms with van der Waals surface area (Å²) < 4.78 is 38.0. The van der Waals surface area contributed by atoms with Gasteiger partial charge in [-0.05, 0) is 43.7 Å². The number of nitrogens with two attached hydrogens (primary N) is 1. The number of nitrogen functional groups attached to an aromatic ring is 1. The van der Waals surface area contributed by atoms with Crippen molar-refractivity contribution in [1.29, 1.82) is 0 Å². The molecular formula is C16H17F3N2. The van der Waals surface area contributed by atoms with Crippen LogP contribution in [0.1, 0.15) is 16.7 Å². The Kier molecular flexibility index (Phi) is 3.85. The predicted molar refractivity (Wildman–Crippen MR) is 79.8 cm³/mol. The normalized spacial score (nSPS) is 11.5. The molecule has 0 heterocycles. The summed E-state index contributed by atoms with van der Waals surface area (Å²) in [5.74, 6) is 0. The molecule has 112 valence electrons. The van der Waals surface area contributed by atoms with E-state index in [1.807, 2.05) is 32.0 Å². The quantitative estimate of drug-likeness (QED) is 0.815. The highest BCUT2D eigenvalue weighted by Crippen LogP contribution is 2.36. The zero-order chi connectivity index (χ0) is 15.8. The first-order valence-electron chi connectivity index (χ1n) is 6.48. The van der Waals surface area contributed by atoms with Gasteiger partial charge in [-0.25, -0.2) is 0 Å². The molecule has 21 heavy (non-hydrogen) atoms. The Morgan fingerprint density at radius 2 is 1.57 bits per heavy atom. The summed E-state index contributed by atoms with van der Waals surface area (Å²) in [5.41, 5.74) is 8.79. The van der Waals surface area contributed by atoms with Crippen molar-refractivity contribution in [3.05, 3.63) is 53.1 Å². The number of nitrogens with zero attached hydrogens (tertiary/aromatic N) is 1. The number of alkyl halides is 3. The molecule has 0 aliphatic heterocycles. The summed E-state index contributed by atoms with van der Waals surface area (Å²) in [6.07, 6.45) is -4.38. The lowest BCUT2D eigenvalue weighted by Gasteiger charge is -2.24. The highest BCUT2D eigenvalue weighted by Gasteiger charge is 2.31. The van der Waals surface area contributed by atoms with Gasteiger partial charge in [0.25, 0.3) is 0 Å². The van der Waals surface area contributed by atoms with Crippen molar-refractivity contribution in [2.75, 3.05) is 17.7 Å². The van der Waals surface area contributed by atoms with Crippen LogP contribution in [0.3, 0.4) is 0 Å². The van der Waals surface area contributed by atoms with Gasteiger partial charge in [-0.15, -0.1) is 0 Å². The maximum absolute atomic E-state index is 12.7. The van der Waals surface area contributed by atoms with E-state index in [0.29, 0.717) is 5.69 Å². The Bertz CT molecular complexity index is 663. The van der Waals surface area contributed by atoms with Gasteiger partial charge in [0, 0.05) is 12.7 Å². The van der Waals surface area contributed by atoms with Gasteiger partial charge in [0.2, 0.25) is 0 Å². The fourth-order valence-electron chi connectivity index (χ4n) is 2.35. The smallest absolute Gasteiger partial charge is 0.397 e. The van der Waals surface area contributed by atoms with Gasteiger partial charge < -0.3 is 10.6 Å². The molecule has 0 atom stereocenters.